The maximum absolute atomic E-state index is 11.4. The molecule has 0 radical (unpaired) electrons. The topological polar surface area (TPSA) is 69.4 Å². The number of hydrogen-bond acceptors (Lipinski definition) is 4. The first kappa shape index (κ1) is 13.4. The molecule has 0 aromatic heterocycles. The first-order chi connectivity index (χ1) is 7.68. The van der Waals surface area contributed by atoms with Crippen LogP contribution in [-0.2, 0) is 4.84 Å². The standard InChI is InChI=1S/C11H7NO4.Mg.2H/c13-11(16-12(14)15)10-7-3-5-8-4-1-2-6-9(8)10;;;/h1-7H;;;/q;+2;2*-1. The molecule has 17 heavy (non-hydrogen) atoms. The molecule has 5 nitrogen and oxygen atoms in total. The van der Waals surface area contributed by atoms with Crippen molar-refractivity contribution in [2.75, 3.05) is 0 Å². The molecule has 84 valence electrons. The average Bonchev–Trinajstić information content (AvgIpc) is 2.27. The molecular formula is C11H9MgNO4. The first-order valence-electron chi connectivity index (χ1n) is 4.53. The molecule has 2 aromatic carbocycles. The Bertz CT molecular complexity index is 574. The van der Waals surface area contributed by atoms with Gasteiger partial charge in [0.05, 0.1) is 5.56 Å². The minimum Gasteiger partial charge on any atom is -1.00 e. The van der Waals surface area contributed by atoms with Crippen molar-refractivity contribution < 1.29 is 17.6 Å². The summed E-state index contributed by atoms with van der Waals surface area (Å²) in [5, 5.41) is 10.4. The van der Waals surface area contributed by atoms with Gasteiger partial charge in [-0.3, -0.25) is 4.79 Å². The number of carbonyl (C=O) groups is 1. The van der Waals surface area contributed by atoms with Crippen molar-refractivity contribution in [3.05, 3.63) is 58.1 Å². The van der Waals surface area contributed by atoms with Gasteiger partial charge in [-0.2, -0.15) is 0 Å². The van der Waals surface area contributed by atoms with Gasteiger partial charge < -0.3 is 2.85 Å². The van der Waals surface area contributed by atoms with Crippen molar-refractivity contribution in [2.24, 2.45) is 0 Å². The number of benzene rings is 2. The quantitative estimate of drug-likeness (QED) is 0.460. The maximum atomic E-state index is 11.4. The monoisotopic (exact) mass is 243 g/mol. The molecule has 0 heterocycles. The average molecular weight is 244 g/mol. The molecule has 0 aliphatic rings. The van der Waals surface area contributed by atoms with Crippen molar-refractivity contribution in [1.29, 1.82) is 0 Å². The summed E-state index contributed by atoms with van der Waals surface area (Å²) < 4.78 is 0. The smallest absolute Gasteiger partial charge is 1.00 e. The van der Waals surface area contributed by atoms with Crippen LogP contribution >= 0.6 is 0 Å². The van der Waals surface area contributed by atoms with Crippen LogP contribution in [0.5, 0.6) is 0 Å². The minimum absolute atomic E-state index is 0. The zero-order chi connectivity index (χ0) is 11.5. The fourth-order valence-corrected chi connectivity index (χ4v) is 1.52. The summed E-state index contributed by atoms with van der Waals surface area (Å²) in [4.78, 5) is 25.4. The molecule has 0 bridgehead atoms. The molecule has 2 aromatic rings. The third-order valence-corrected chi connectivity index (χ3v) is 2.17. The summed E-state index contributed by atoms with van der Waals surface area (Å²) >= 11 is 0. The van der Waals surface area contributed by atoms with Gasteiger partial charge in [-0.15, -0.1) is 10.1 Å². The van der Waals surface area contributed by atoms with Crippen LogP contribution in [0.25, 0.3) is 10.8 Å². The molecule has 0 saturated heterocycles. The number of carbonyl (C=O) groups excluding carboxylic acids is 1. The molecule has 0 aliphatic carbocycles. The molecule has 0 saturated carbocycles. The van der Waals surface area contributed by atoms with Gasteiger partial charge in [0.2, 0.25) is 0 Å². The molecule has 0 fully saturated rings. The van der Waals surface area contributed by atoms with E-state index in [0.29, 0.717) is 5.39 Å². The van der Waals surface area contributed by atoms with Crippen LogP contribution in [0.3, 0.4) is 0 Å². The van der Waals surface area contributed by atoms with Crippen molar-refractivity contribution in [1.82, 2.24) is 0 Å². The summed E-state index contributed by atoms with van der Waals surface area (Å²) in [5.41, 5.74) is 0.190. The molecule has 0 aliphatic heterocycles. The van der Waals surface area contributed by atoms with E-state index < -0.39 is 11.1 Å². The summed E-state index contributed by atoms with van der Waals surface area (Å²) in [7, 11) is 0. The van der Waals surface area contributed by atoms with Crippen LogP contribution in [0.15, 0.2) is 42.5 Å². The van der Waals surface area contributed by atoms with Crippen LogP contribution in [0.2, 0.25) is 0 Å². The van der Waals surface area contributed by atoms with Crippen LogP contribution in [-0.4, -0.2) is 34.1 Å². The molecule has 0 N–H and O–H groups in total. The van der Waals surface area contributed by atoms with Crippen LogP contribution in [0.1, 0.15) is 13.2 Å². The molecule has 0 atom stereocenters. The Hall–Kier alpha value is -1.66. The van der Waals surface area contributed by atoms with Crippen molar-refractivity contribution >= 4 is 39.8 Å². The maximum Gasteiger partial charge on any atom is 2.00 e. The predicted octanol–water partition coefficient (Wildman–Crippen LogP) is 2.03. The van der Waals surface area contributed by atoms with Crippen molar-refractivity contribution in [2.45, 2.75) is 0 Å². The second-order valence-corrected chi connectivity index (χ2v) is 3.13. The zero-order valence-corrected chi connectivity index (χ0v) is 10.2. The van der Waals surface area contributed by atoms with Crippen LogP contribution < -0.4 is 0 Å². The van der Waals surface area contributed by atoms with Gasteiger partial charge in [-0.25, -0.2) is 4.84 Å². The largest absolute Gasteiger partial charge is 2.00 e. The minimum atomic E-state index is -1.11. The Morgan fingerprint density at radius 2 is 1.82 bits per heavy atom. The Morgan fingerprint density at radius 3 is 2.53 bits per heavy atom. The summed E-state index contributed by atoms with van der Waals surface area (Å²) in [5.74, 6) is -0.957. The van der Waals surface area contributed by atoms with E-state index in [-0.39, 0.29) is 31.5 Å². The Labute approximate surface area is 116 Å². The second kappa shape index (κ2) is 5.60. The van der Waals surface area contributed by atoms with Crippen LogP contribution in [0.4, 0.5) is 0 Å². The summed E-state index contributed by atoms with van der Waals surface area (Å²) in [6.45, 7) is 0. The molecular weight excluding hydrogens is 234 g/mol. The van der Waals surface area contributed by atoms with E-state index in [2.05, 4.69) is 4.84 Å². The van der Waals surface area contributed by atoms with Crippen molar-refractivity contribution in [3.63, 3.8) is 0 Å². The van der Waals surface area contributed by atoms with Gasteiger partial charge in [0.25, 0.3) is 0 Å². The SMILES string of the molecule is O=C(O[N+](=O)[O-])c1cccc2ccccc12.[H-].[H-].[Mg+2]. The molecule has 0 amide bonds. The van der Waals surface area contributed by atoms with E-state index in [1.54, 1.807) is 18.2 Å². The number of hydrogen-bond donors (Lipinski definition) is 0. The van der Waals surface area contributed by atoms with Gasteiger partial charge in [0, 0.05) is 0 Å². The number of nitrogens with zero attached hydrogens (tertiary/aromatic N) is 1. The Kier molecular flexibility index (Phi) is 4.42. The number of fused-ring (bicyclic) bond motifs is 1. The third kappa shape index (κ3) is 2.92. The van der Waals surface area contributed by atoms with E-state index in [9.17, 15) is 14.9 Å². The van der Waals surface area contributed by atoms with E-state index in [0.717, 1.165) is 5.39 Å². The molecule has 0 spiro atoms. The molecule has 2 rings (SSSR count). The Morgan fingerprint density at radius 1 is 1.18 bits per heavy atom. The fraction of sp³-hybridized carbons (Fsp3) is 0. The number of rotatable bonds is 2. The van der Waals surface area contributed by atoms with Gasteiger partial charge >= 0.3 is 34.1 Å². The van der Waals surface area contributed by atoms with Crippen LogP contribution in [0, 0.1) is 10.1 Å². The molecule has 0 unspecified atom stereocenters. The fourth-order valence-electron chi connectivity index (χ4n) is 1.52. The zero-order valence-electron chi connectivity index (χ0n) is 10.8. The second-order valence-electron chi connectivity index (χ2n) is 3.13. The van der Waals surface area contributed by atoms with E-state index in [1.165, 1.54) is 6.07 Å². The summed E-state index contributed by atoms with van der Waals surface area (Å²) in [6, 6.07) is 12.1. The van der Waals surface area contributed by atoms with Gasteiger partial charge in [0.15, 0.2) is 0 Å². The predicted molar refractivity (Wildman–Crippen MR) is 64.3 cm³/mol. The molecule has 6 heteroatoms. The Balaban J connectivity index is 0. The van der Waals surface area contributed by atoms with Gasteiger partial charge in [-0.05, 0) is 16.8 Å². The van der Waals surface area contributed by atoms with Gasteiger partial charge in [-0.1, -0.05) is 36.4 Å². The van der Waals surface area contributed by atoms with E-state index >= 15 is 0 Å². The third-order valence-electron chi connectivity index (χ3n) is 2.17. The summed E-state index contributed by atoms with van der Waals surface area (Å²) in [6.07, 6.45) is 0. The first-order valence-corrected chi connectivity index (χ1v) is 4.53. The van der Waals surface area contributed by atoms with Crippen molar-refractivity contribution in [3.8, 4) is 0 Å². The van der Waals surface area contributed by atoms with Gasteiger partial charge in [0.1, 0.15) is 0 Å². The van der Waals surface area contributed by atoms with E-state index in [4.69, 9.17) is 0 Å². The normalized spacial score (nSPS) is 9.41. The van der Waals surface area contributed by atoms with E-state index in [1.807, 2.05) is 18.2 Å².